The van der Waals surface area contributed by atoms with Gasteiger partial charge in [-0.05, 0) is 61.1 Å². The molecular weight excluding hydrogens is 376 g/mol. The lowest BCUT2D eigenvalue weighted by molar-refractivity contribution is -0.141. The Bertz CT molecular complexity index is 900. The Morgan fingerprint density at radius 2 is 1.80 bits per heavy atom. The number of aliphatic imine (C=N–C) groups is 1. The highest BCUT2D eigenvalue weighted by atomic mass is 16.5. The molecule has 1 aliphatic carbocycles. The number of hydrogen-bond donors (Lipinski definition) is 1. The van der Waals surface area contributed by atoms with Gasteiger partial charge < -0.3 is 14.8 Å². The summed E-state index contributed by atoms with van der Waals surface area (Å²) in [5.41, 5.74) is 4.11. The average Bonchev–Trinajstić information content (AvgIpc) is 2.72. The number of allylic oxidation sites excluding steroid dienone is 2. The molecule has 1 N–H and O–H groups in total. The molecule has 1 aliphatic rings. The maximum atomic E-state index is 11.6. The number of benzene rings is 2. The van der Waals surface area contributed by atoms with Crippen molar-refractivity contribution in [2.45, 2.75) is 40.2 Å². The Morgan fingerprint density at radius 1 is 1.07 bits per heavy atom. The number of hydrogen-bond acceptors (Lipinski definition) is 5. The van der Waals surface area contributed by atoms with Crippen molar-refractivity contribution < 1.29 is 14.3 Å². The van der Waals surface area contributed by atoms with Crippen LogP contribution in [0.3, 0.4) is 0 Å². The molecule has 0 aliphatic heterocycles. The summed E-state index contributed by atoms with van der Waals surface area (Å²) in [6.07, 6.45) is 3.80. The molecule has 0 aromatic heterocycles. The maximum Gasteiger partial charge on any atom is 0.325 e. The third-order valence-corrected chi connectivity index (χ3v) is 4.79. The molecule has 0 unspecified atom stereocenters. The van der Waals surface area contributed by atoms with Gasteiger partial charge in [-0.15, -0.1) is 0 Å². The van der Waals surface area contributed by atoms with Crippen LogP contribution in [0.1, 0.15) is 39.2 Å². The number of nitrogens with zero attached hydrogens (tertiary/aromatic N) is 1. The van der Waals surface area contributed by atoms with E-state index in [2.05, 4.69) is 19.2 Å². The molecule has 2 aromatic rings. The largest absolute Gasteiger partial charge is 0.489 e. The third kappa shape index (κ3) is 6.76. The Kier molecular flexibility index (Phi) is 7.28. The molecule has 0 amide bonds. The topological polar surface area (TPSA) is 59.9 Å². The molecular formula is C25H30N2O3. The fourth-order valence-electron chi connectivity index (χ4n) is 3.48. The summed E-state index contributed by atoms with van der Waals surface area (Å²) in [5.74, 6) is 0.575. The Balaban J connectivity index is 1.64. The number of carbonyl (C=O) groups is 1. The number of esters is 1. The fraction of sp³-hybridized carbons (Fsp3) is 0.360. The van der Waals surface area contributed by atoms with Gasteiger partial charge in [-0.1, -0.05) is 44.2 Å². The summed E-state index contributed by atoms with van der Waals surface area (Å²) >= 11 is 0. The van der Waals surface area contributed by atoms with E-state index in [0.717, 1.165) is 41.3 Å². The molecule has 0 spiro atoms. The van der Waals surface area contributed by atoms with Crippen LogP contribution >= 0.6 is 0 Å². The van der Waals surface area contributed by atoms with E-state index in [-0.39, 0.29) is 17.9 Å². The number of nitrogens with one attached hydrogen (secondary N) is 1. The van der Waals surface area contributed by atoms with Crippen LogP contribution in [0, 0.1) is 5.41 Å². The standard InChI is InChI=1S/C25H30N2O3/c1-4-29-24(28)17-26-21-14-22(16-25(2,3)15-21)27-20-10-12-23(13-11-20)30-18-19-8-6-5-7-9-19/h5-14,26H,4,15-18H2,1-3H3/b27-22-. The van der Waals surface area contributed by atoms with Gasteiger partial charge in [0.2, 0.25) is 0 Å². The van der Waals surface area contributed by atoms with E-state index in [1.165, 1.54) is 0 Å². The summed E-state index contributed by atoms with van der Waals surface area (Å²) in [6.45, 7) is 7.34. The van der Waals surface area contributed by atoms with Crippen molar-refractivity contribution in [2.75, 3.05) is 13.2 Å². The molecule has 0 bridgehead atoms. The van der Waals surface area contributed by atoms with Crippen LogP contribution < -0.4 is 10.1 Å². The lowest BCUT2D eigenvalue weighted by Crippen LogP contribution is -2.31. The second kappa shape index (κ2) is 10.1. The Morgan fingerprint density at radius 3 is 2.50 bits per heavy atom. The van der Waals surface area contributed by atoms with Gasteiger partial charge in [0.15, 0.2) is 0 Å². The molecule has 5 nitrogen and oxygen atoms in total. The molecule has 30 heavy (non-hydrogen) atoms. The molecule has 5 heteroatoms. The van der Waals surface area contributed by atoms with E-state index in [1.54, 1.807) is 0 Å². The molecule has 0 fully saturated rings. The van der Waals surface area contributed by atoms with Gasteiger partial charge >= 0.3 is 5.97 Å². The summed E-state index contributed by atoms with van der Waals surface area (Å²) in [7, 11) is 0. The van der Waals surface area contributed by atoms with E-state index >= 15 is 0 Å². The summed E-state index contributed by atoms with van der Waals surface area (Å²) in [6, 6.07) is 17.9. The lowest BCUT2D eigenvalue weighted by Gasteiger charge is -2.31. The molecule has 0 saturated heterocycles. The van der Waals surface area contributed by atoms with Crippen molar-refractivity contribution >= 4 is 17.4 Å². The van der Waals surface area contributed by atoms with Gasteiger partial charge in [-0.3, -0.25) is 9.79 Å². The number of ether oxygens (including phenoxy) is 2. The minimum atomic E-state index is -0.244. The molecule has 0 radical (unpaired) electrons. The monoisotopic (exact) mass is 406 g/mol. The molecule has 158 valence electrons. The zero-order valence-electron chi connectivity index (χ0n) is 18.0. The van der Waals surface area contributed by atoms with Crippen molar-refractivity contribution in [1.29, 1.82) is 0 Å². The van der Waals surface area contributed by atoms with Crippen molar-refractivity contribution in [3.05, 3.63) is 71.9 Å². The summed E-state index contributed by atoms with van der Waals surface area (Å²) in [5, 5.41) is 3.20. The minimum absolute atomic E-state index is 0.0727. The van der Waals surface area contributed by atoms with Gasteiger partial charge in [-0.25, -0.2) is 0 Å². The van der Waals surface area contributed by atoms with Gasteiger partial charge in [-0.2, -0.15) is 0 Å². The van der Waals surface area contributed by atoms with Crippen molar-refractivity contribution in [3.63, 3.8) is 0 Å². The van der Waals surface area contributed by atoms with E-state index in [0.29, 0.717) is 13.2 Å². The quantitative estimate of drug-likeness (QED) is 0.613. The predicted octanol–water partition coefficient (Wildman–Crippen LogP) is 5.19. The van der Waals surface area contributed by atoms with Crippen LogP contribution in [0.2, 0.25) is 0 Å². The Hall–Kier alpha value is -3.08. The van der Waals surface area contributed by atoms with Gasteiger partial charge in [0.25, 0.3) is 0 Å². The van der Waals surface area contributed by atoms with Crippen LogP contribution in [0.15, 0.2) is 71.4 Å². The van der Waals surface area contributed by atoms with Crippen molar-refractivity contribution in [3.8, 4) is 5.75 Å². The second-order valence-electron chi connectivity index (χ2n) is 8.22. The lowest BCUT2D eigenvalue weighted by atomic mass is 9.78. The summed E-state index contributed by atoms with van der Waals surface area (Å²) in [4.78, 5) is 16.5. The van der Waals surface area contributed by atoms with E-state index in [4.69, 9.17) is 14.5 Å². The van der Waals surface area contributed by atoms with E-state index < -0.39 is 0 Å². The first-order valence-corrected chi connectivity index (χ1v) is 10.4. The second-order valence-corrected chi connectivity index (χ2v) is 8.22. The van der Waals surface area contributed by atoms with Gasteiger partial charge in [0.05, 0.1) is 12.3 Å². The van der Waals surface area contributed by atoms with Crippen molar-refractivity contribution in [1.82, 2.24) is 5.32 Å². The number of carbonyl (C=O) groups excluding carboxylic acids is 1. The fourth-order valence-corrected chi connectivity index (χ4v) is 3.48. The first-order valence-electron chi connectivity index (χ1n) is 10.4. The predicted molar refractivity (Wildman–Crippen MR) is 120 cm³/mol. The molecule has 0 heterocycles. The first-order chi connectivity index (χ1) is 14.4. The molecule has 2 aromatic carbocycles. The van der Waals surface area contributed by atoms with E-state index in [1.807, 2.05) is 67.6 Å². The molecule has 0 atom stereocenters. The minimum Gasteiger partial charge on any atom is -0.489 e. The average molecular weight is 407 g/mol. The summed E-state index contributed by atoms with van der Waals surface area (Å²) < 4.78 is 10.8. The highest BCUT2D eigenvalue weighted by Crippen LogP contribution is 2.34. The smallest absolute Gasteiger partial charge is 0.325 e. The van der Waals surface area contributed by atoms with Gasteiger partial charge in [0, 0.05) is 11.4 Å². The van der Waals surface area contributed by atoms with Crippen LogP contribution in [-0.2, 0) is 16.1 Å². The van der Waals surface area contributed by atoms with Gasteiger partial charge in [0.1, 0.15) is 18.9 Å². The Labute approximate surface area is 178 Å². The third-order valence-electron chi connectivity index (χ3n) is 4.79. The van der Waals surface area contributed by atoms with Crippen LogP contribution in [-0.4, -0.2) is 24.8 Å². The maximum absolute atomic E-state index is 11.6. The van der Waals surface area contributed by atoms with E-state index in [9.17, 15) is 4.79 Å². The first kappa shape index (κ1) is 21.6. The molecule has 0 saturated carbocycles. The van der Waals surface area contributed by atoms with Crippen LogP contribution in [0.4, 0.5) is 5.69 Å². The normalized spacial score (nSPS) is 16.6. The van der Waals surface area contributed by atoms with Crippen molar-refractivity contribution in [2.24, 2.45) is 10.4 Å². The van der Waals surface area contributed by atoms with Crippen LogP contribution in [0.25, 0.3) is 0 Å². The van der Waals surface area contributed by atoms with Crippen LogP contribution in [0.5, 0.6) is 5.75 Å². The number of rotatable bonds is 8. The SMILES string of the molecule is CCOC(=O)CNC1=C/C(=N/c2ccc(OCc3ccccc3)cc2)CC(C)(C)C1. The zero-order valence-corrected chi connectivity index (χ0v) is 18.0. The molecule has 3 rings (SSSR count). The zero-order chi connectivity index (χ0) is 21.4. The highest BCUT2D eigenvalue weighted by Gasteiger charge is 2.26. The highest BCUT2D eigenvalue weighted by molar-refractivity contribution is 5.98.